The van der Waals surface area contributed by atoms with E-state index in [9.17, 15) is 0 Å². The van der Waals surface area contributed by atoms with Gasteiger partial charge in [0.2, 0.25) is 0 Å². The van der Waals surface area contributed by atoms with Crippen molar-refractivity contribution in [1.29, 1.82) is 0 Å². The van der Waals surface area contributed by atoms with Gasteiger partial charge in [-0.25, -0.2) is 0 Å². The lowest BCUT2D eigenvalue weighted by Crippen LogP contribution is -2.70. The molecule has 7 heteroatoms. The first-order chi connectivity index (χ1) is 13.3. The Balaban J connectivity index is 0.00000192. The first kappa shape index (κ1) is 21.1. The fraction of sp³-hybridized carbons (Fsp3) is 0.952. The van der Waals surface area contributed by atoms with E-state index in [1.54, 1.807) is 0 Å². The lowest BCUT2D eigenvalue weighted by atomic mass is 9.54. The van der Waals surface area contributed by atoms with E-state index in [1.807, 2.05) is 0 Å². The zero-order valence-electron chi connectivity index (χ0n) is 17.1. The molecule has 0 amide bonds. The molecule has 5 unspecified atom stereocenters. The van der Waals surface area contributed by atoms with Gasteiger partial charge in [-0.1, -0.05) is 12.8 Å². The molecule has 3 heterocycles. The maximum atomic E-state index is 6.16. The second kappa shape index (κ2) is 8.94. The fourth-order valence-corrected chi connectivity index (χ4v) is 6.42. The second-order valence-electron chi connectivity index (χ2n) is 9.01. The van der Waals surface area contributed by atoms with Gasteiger partial charge in [-0.2, -0.15) is 0 Å². The maximum Gasteiger partial charge on any atom is 0.194 e. The Hall–Kier alpha value is -0.120. The molecule has 0 aromatic rings. The minimum Gasteiger partial charge on any atom is -0.377 e. The number of nitrogens with one attached hydrogen (secondary N) is 1. The SMILES string of the molecule is CCN=C(NC1C2CCOC2C12CCCC2)N1CCOC(C2CCCO2)C1.I. The molecule has 0 bridgehead atoms. The summed E-state index contributed by atoms with van der Waals surface area (Å²) in [4.78, 5) is 7.32. The zero-order valence-corrected chi connectivity index (χ0v) is 19.4. The molecular weight excluding hydrogens is 469 g/mol. The van der Waals surface area contributed by atoms with Crippen LogP contribution < -0.4 is 5.32 Å². The summed E-state index contributed by atoms with van der Waals surface area (Å²) in [5.41, 5.74) is 0.357. The summed E-state index contributed by atoms with van der Waals surface area (Å²) < 4.78 is 18.1. The van der Waals surface area contributed by atoms with Crippen LogP contribution in [0.4, 0.5) is 0 Å². The number of hydrogen-bond acceptors (Lipinski definition) is 4. The van der Waals surface area contributed by atoms with Gasteiger partial charge in [0.15, 0.2) is 5.96 Å². The van der Waals surface area contributed by atoms with Crippen LogP contribution in [0.25, 0.3) is 0 Å². The number of rotatable bonds is 3. The van der Waals surface area contributed by atoms with Crippen LogP contribution in [0.5, 0.6) is 0 Å². The minimum absolute atomic E-state index is 0. The van der Waals surface area contributed by atoms with E-state index in [1.165, 1.54) is 32.1 Å². The highest BCUT2D eigenvalue weighted by molar-refractivity contribution is 14.0. The van der Waals surface area contributed by atoms with E-state index in [4.69, 9.17) is 19.2 Å². The number of morpholine rings is 1. The molecule has 0 aromatic heterocycles. The molecule has 3 aliphatic heterocycles. The van der Waals surface area contributed by atoms with Crippen molar-refractivity contribution in [1.82, 2.24) is 10.2 Å². The van der Waals surface area contributed by atoms with E-state index in [2.05, 4.69) is 17.1 Å². The predicted molar refractivity (Wildman–Crippen MR) is 119 cm³/mol. The number of hydrogen-bond donors (Lipinski definition) is 1. The summed E-state index contributed by atoms with van der Waals surface area (Å²) in [6.45, 7) is 7.34. The van der Waals surface area contributed by atoms with Crippen LogP contribution in [0, 0.1) is 11.3 Å². The minimum atomic E-state index is 0. The zero-order chi connectivity index (χ0) is 18.3. The van der Waals surface area contributed by atoms with Gasteiger partial charge < -0.3 is 24.4 Å². The topological polar surface area (TPSA) is 55.3 Å². The Morgan fingerprint density at radius 2 is 1.86 bits per heavy atom. The molecular formula is C21H36IN3O3. The van der Waals surface area contributed by atoms with Crippen LogP contribution in [-0.2, 0) is 14.2 Å². The Bertz CT molecular complexity index is 563. The third-order valence-corrected chi connectivity index (χ3v) is 7.65. The van der Waals surface area contributed by atoms with Crippen molar-refractivity contribution in [3.05, 3.63) is 0 Å². The van der Waals surface area contributed by atoms with Gasteiger partial charge in [-0.15, -0.1) is 24.0 Å². The van der Waals surface area contributed by atoms with E-state index in [0.29, 0.717) is 23.5 Å². The van der Waals surface area contributed by atoms with Crippen LogP contribution in [-0.4, -0.2) is 74.7 Å². The van der Waals surface area contributed by atoms with Crippen LogP contribution in [0.3, 0.4) is 0 Å². The number of guanidine groups is 1. The normalized spacial score (nSPS) is 39.5. The summed E-state index contributed by atoms with van der Waals surface area (Å²) in [7, 11) is 0. The van der Waals surface area contributed by atoms with Crippen molar-refractivity contribution >= 4 is 29.9 Å². The third kappa shape index (κ3) is 3.58. The molecule has 3 saturated heterocycles. The fourth-order valence-electron chi connectivity index (χ4n) is 6.42. The first-order valence-corrected chi connectivity index (χ1v) is 11.2. The van der Waals surface area contributed by atoms with Crippen molar-refractivity contribution in [2.24, 2.45) is 16.3 Å². The quantitative estimate of drug-likeness (QED) is 0.363. The van der Waals surface area contributed by atoms with Crippen molar-refractivity contribution in [3.8, 4) is 0 Å². The Morgan fingerprint density at radius 3 is 2.61 bits per heavy atom. The van der Waals surface area contributed by atoms with E-state index >= 15 is 0 Å². The standard InChI is InChI=1S/C21H35N3O3.HI/c1-2-22-20(24-10-13-26-17(14-24)16-6-5-11-25-16)23-18-15-7-12-27-19(15)21(18)8-3-4-9-21;/h15-19H,2-14H2,1H3,(H,22,23);1H. The van der Waals surface area contributed by atoms with Crippen molar-refractivity contribution < 1.29 is 14.2 Å². The van der Waals surface area contributed by atoms with Crippen molar-refractivity contribution in [2.75, 3.05) is 39.5 Å². The average Bonchev–Trinajstić information content (AvgIpc) is 3.46. The number of fused-ring (bicyclic) bond motifs is 2. The number of halogens is 1. The lowest BCUT2D eigenvalue weighted by molar-refractivity contribution is -0.126. The summed E-state index contributed by atoms with van der Waals surface area (Å²) in [6.07, 6.45) is 9.73. The molecule has 5 aliphatic rings. The van der Waals surface area contributed by atoms with E-state index in [-0.39, 0.29) is 36.2 Å². The van der Waals surface area contributed by atoms with Crippen LogP contribution in [0.2, 0.25) is 0 Å². The van der Waals surface area contributed by atoms with Crippen molar-refractivity contribution in [3.63, 3.8) is 0 Å². The molecule has 2 aliphatic carbocycles. The van der Waals surface area contributed by atoms with Crippen LogP contribution >= 0.6 is 24.0 Å². The molecule has 28 heavy (non-hydrogen) atoms. The highest BCUT2D eigenvalue weighted by Gasteiger charge is 2.65. The average molecular weight is 505 g/mol. The number of nitrogens with zero attached hydrogens (tertiary/aromatic N) is 2. The van der Waals surface area contributed by atoms with Crippen LogP contribution in [0.15, 0.2) is 4.99 Å². The molecule has 6 nitrogen and oxygen atoms in total. The van der Waals surface area contributed by atoms with Gasteiger partial charge >= 0.3 is 0 Å². The maximum absolute atomic E-state index is 6.16. The van der Waals surface area contributed by atoms with Crippen molar-refractivity contribution in [2.45, 2.75) is 76.2 Å². The lowest BCUT2D eigenvalue weighted by Gasteiger charge is -2.57. The second-order valence-corrected chi connectivity index (χ2v) is 9.01. The summed E-state index contributed by atoms with van der Waals surface area (Å²) in [6, 6.07) is 0.529. The smallest absolute Gasteiger partial charge is 0.194 e. The van der Waals surface area contributed by atoms with Gasteiger partial charge in [-0.3, -0.25) is 4.99 Å². The van der Waals surface area contributed by atoms with E-state index in [0.717, 1.165) is 58.3 Å². The summed E-state index contributed by atoms with van der Waals surface area (Å²) in [5, 5.41) is 3.94. The highest BCUT2D eigenvalue weighted by Crippen LogP contribution is 2.60. The first-order valence-electron chi connectivity index (χ1n) is 11.2. The van der Waals surface area contributed by atoms with Gasteiger partial charge in [0.1, 0.15) is 6.10 Å². The largest absolute Gasteiger partial charge is 0.377 e. The van der Waals surface area contributed by atoms with Gasteiger partial charge in [0, 0.05) is 50.2 Å². The molecule has 160 valence electrons. The number of aliphatic imine (C=N–C) groups is 1. The summed E-state index contributed by atoms with van der Waals surface area (Å²) in [5.74, 6) is 1.76. The molecule has 5 atom stereocenters. The molecule has 5 rings (SSSR count). The monoisotopic (exact) mass is 505 g/mol. The Labute approximate surface area is 186 Å². The summed E-state index contributed by atoms with van der Waals surface area (Å²) >= 11 is 0. The molecule has 0 radical (unpaired) electrons. The number of ether oxygens (including phenoxy) is 3. The Morgan fingerprint density at radius 1 is 1.04 bits per heavy atom. The molecule has 5 fully saturated rings. The van der Waals surface area contributed by atoms with E-state index < -0.39 is 0 Å². The Kier molecular flexibility index (Phi) is 6.74. The molecule has 0 aromatic carbocycles. The third-order valence-electron chi connectivity index (χ3n) is 7.65. The molecule has 1 N–H and O–H groups in total. The molecule has 1 spiro atoms. The predicted octanol–water partition coefficient (Wildman–Crippen LogP) is 2.80. The van der Waals surface area contributed by atoms with Gasteiger partial charge in [0.25, 0.3) is 0 Å². The van der Waals surface area contributed by atoms with Gasteiger partial charge in [0.05, 0.1) is 18.8 Å². The highest BCUT2D eigenvalue weighted by atomic mass is 127. The van der Waals surface area contributed by atoms with Crippen LogP contribution in [0.1, 0.15) is 51.9 Å². The van der Waals surface area contributed by atoms with Gasteiger partial charge in [-0.05, 0) is 39.0 Å². The molecule has 2 saturated carbocycles.